The van der Waals surface area contributed by atoms with Gasteiger partial charge in [0.05, 0.1) is 11.9 Å². The topological polar surface area (TPSA) is 9.23 Å². The third-order valence-corrected chi connectivity index (χ3v) is 4.88. The minimum absolute atomic E-state index is 0.0491. The molecule has 0 aliphatic heterocycles. The fourth-order valence-electron chi connectivity index (χ4n) is 2.37. The first kappa shape index (κ1) is 15.7. The SMILES string of the molecule is COc1c(C)cc(C(Br)c2c(Cl)cccc2Cl)cc1C. The standard InChI is InChI=1S/C16H15BrCl2O/c1-9-7-11(8-10(2)16(9)20-3)15(17)14-12(18)5-4-6-13(14)19/h4-8,15H,1-3H3. The molecule has 0 saturated carbocycles. The smallest absolute Gasteiger partial charge is 0.124 e. The highest BCUT2D eigenvalue weighted by Crippen LogP contribution is 2.41. The van der Waals surface area contributed by atoms with Gasteiger partial charge in [-0.2, -0.15) is 0 Å². The van der Waals surface area contributed by atoms with Crippen molar-refractivity contribution in [2.45, 2.75) is 18.7 Å². The molecule has 4 heteroatoms. The molecule has 0 amide bonds. The van der Waals surface area contributed by atoms with E-state index in [1.165, 1.54) is 0 Å². The number of alkyl halides is 1. The second-order valence-corrected chi connectivity index (χ2v) is 6.42. The molecule has 0 saturated heterocycles. The zero-order valence-corrected chi connectivity index (χ0v) is 14.6. The van der Waals surface area contributed by atoms with Gasteiger partial charge in [-0.05, 0) is 42.7 Å². The van der Waals surface area contributed by atoms with Crippen molar-refractivity contribution in [1.29, 1.82) is 0 Å². The molecule has 0 N–H and O–H groups in total. The largest absolute Gasteiger partial charge is 0.496 e. The summed E-state index contributed by atoms with van der Waals surface area (Å²) in [5.41, 5.74) is 4.18. The number of ether oxygens (including phenoxy) is 1. The van der Waals surface area contributed by atoms with Crippen molar-refractivity contribution in [2.24, 2.45) is 0 Å². The van der Waals surface area contributed by atoms with Gasteiger partial charge in [0.25, 0.3) is 0 Å². The second-order valence-electron chi connectivity index (χ2n) is 4.69. The fraction of sp³-hybridized carbons (Fsp3) is 0.250. The lowest BCUT2D eigenvalue weighted by molar-refractivity contribution is 0.408. The minimum atomic E-state index is -0.0491. The monoisotopic (exact) mass is 372 g/mol. The van der Waals surface area contributed by atoms with E-state index in [0.29, 0.717) is 10.0 Å². The van der Waals surface area contributed by atoms with Crippen LogP contribution in [0.25, 0.3) is 0 Å². The Labute approximate surface area is 138 Å². The van der Waals surface area contributed by atoms with Crippen LogP contribution in [0.4, 0.5) is 0 Å². The van der Waals surface area contributed by atoms with Gasteiger partial charge < -0.3 is 4.74 Å². The molecule has 0 aromatic heterocycles. The number of methoxy groups -OCH3 is 1. The number of aryl methyl sites for hydroxylation is 2. The van der Waals surface area contributed by atoms with Crippen molar-refractivity contribution in [3.63, 3.8) is 0 Å². The van der Waals surface area contributed by atoms with E-state index in [-0.39, 0.29) is 4.83 Å². The minimum Gasteiger partial charge on any atom is -0.496 e. The Morgan fingerprint density at radius 2 is 1.55 bits per heavy atom. The highest BCUT2D eigenvalue weighted by molar-refractivity contribution is 9.09. The number of hydrogen-bond donors (Lipinski definition) is 0. The van der Waals surface area contributed by atoms with Gasteiger partial charge in [0, 0.05) is 15.6 Å². The van der Waals surface area contributed by atoms with E-state index in [1.54, 1.807) is 7.11 Å². The van der Waals surface area contributed by atoms with Crippen LogP contribution >= 0.6 is 39.1 Å². The lowest BCUT2D eigenvalue weighted by atomic mass is 9.99. The summed E-state index contributed by atoms with van der Waals surface area (Å²) in [6.07, 6.45) is 0. The van der Waals surface area contributed by atoms with Crippen molar-refractivity contribution >= 4 is 39.1 Å². The van der Waals surface area contributed by atoms with Crippen molar-refractivity contribution < 1.29 is 4.74 Å². The van der Waals surface area contributed by atoms with Crippen molar-refractivity contribution in [2.75, 3.05) is 7.11 Å². The van der Waals surface area contributed by atoms with Crippen molar-refractivity contribution in [1.82, 2.24) is 0 Å². The molecular formula is C16H15BrCl2O. The molecule has 0 heterocycles. The first-order valence-corrected chi connectivity index (χ1v) is 7.86. The lowest BCUT2D eigenvalue weighted by Crippen LogP contribution is -1.99. The Balaban J connectivity index is 2.52. The summed E-state index contributed by atoms with van der Waals surface area (Å²) >= 11 is 16.2. The fourth-order valence-corrected chi connectivity index (χ4v) is 4.01. The van der Waals surface area contributed by atoms with Crippen LogP contribution in [0.15, 0.2) is 30.3 Å². The Hall–Kier alpha value is -0.700. The number of rotatable bonds is 3. The zero-order valence-electron chi connectivity index (χ0n) is 11.5. The van der Waals surface area contributed by atoms with E-state index < -0.39 is 0 Å². The zero-order chi connectivity index (χ0) is 14.9. The first-order valence-electron chi connectivity index (χ1n) is 6.18. The Morgan fingerprint density at radius 1 is 1.05 bits per heavy atom. The first-order chi connectivity index (χ1) is 9.45. The third-order valence-electron chi connectivity index (χ3n) is 3.23. The van der Waals surface area contributed by atoms with Crippen LogP contribution in [0.3, 0.4) is 0 Å². The maximum atomic E-state index is 6.27. The maximum Gasteiger partial charge on any atom is 0.124 e. The van der Waals surface area contributed by atoms with E-state index in [9.17, 15) is 0 Å². The number of hydrogen-bond acceptors (Lipinski definition) is 1. The molecule has 1 unspecified atom stereocenters. The highest BCUT2D eigenvalue weighted by atomic mass is 79.9. The normalized spacial score (nSPS) is 12.3. The van der Waals surface area contributed by atoms with Crippen LogP contribution in [0.1, 0.15) is 27.1 Å². The van der Waals surface area contributed by atoms with Crippen LogP contribution in [0, 0.1) is 13.8 Å². The summed E-state index contributed by atoms with van der Waals surface area (Å²) in [5, 5.41) is 1.32. The molecular weight excluding hydrogens is 359 g/mol. The van der Waals surface area contributed by atoms with Gasteiger partial charge in [-0.1, -0.05) is 57.3 Å². The van der Waals surface area contributed by atoms with Gasteiger partial charge in [0.15, 0.2) is 0 Å². The number of benzene rings is 2. The summed E-state index contributed by atoms with van der Waals surface area (Å²) in [7, 11) is 1.69. The van der Waals surface area contributed by atoms with Gasteiger partial charge in [0.2, 0.25) is 0 Å². The molecule has 106 valence electrons. The van der Waals surface area contributed by atoms with Crippen LogP contribution in [0.2, 0.25) is 10.0 Å². The molecule has 0 spiro atoms. The van der Waals surface area contributed by atoms with Crippen molar-refractivity contribution in [3.8, 4) is 5.75 Å². The van der Waals surface area contributed by atoms with Crippen LogP contribution in [-0.4, -0.2) is 7.11 Å². The Kier molecular flexibility index (Phi) is 5.00. The van der Waals surface area contributed by atoms with Crippen LogP contribution < -0.4 is 4.74 Å². The molecule has 1 nitrogen and oxygen atoms in total. The Morgan fingerprint density at radius 3 is 2.00 bits per heavy atom. The molecule has 0 fully saturated rings. The van der Waals surface area contributed by atoms with Crippen molar-refractivity contribution in [3.05, 3.63) is 62.6 Å². The van der Waals surface area contributed by atoms with Gasteiger partial charge in [-0.15, -0.1) is 0 Å². The maximum absolute atomic E-state index is 6.27. The lowest BCUT2D eigenvalue weighted by Gasteiger charge is -2.17. The summed E-state index contributed by atoms with van der Waals surface area (Å²) in [4.78, 5) is -0.0491. The second kappa shape index (κ2) is 6.38. The molecule has 2 aromatic rings. The van der Waals surface area contributed by atoms with E-state index in [2.05, 4.69) is 28.1 Å². The molecule has 2 rings (SSSR count). The number of halogens is 3. The molecule has 20 heavy (non-hydrogen) atoms. The summed E-state index contributed by atoms with van der Waals surface area (Å²) in [6.45, 7) is 4.06. The average Bonchev–Trinajstić information content (AvgIpc) is 2.37. The van der Waals surface area contributed by atoms with E-state index in [1.807, 2.05) is 32.0 Å². The predicted molar refractivity (Wildman–Crippen MR) is 89.7 cm³/mol. The molecule has 0 bridgehead atoms. The molecule has 0 aliphatic rings. The average molecular weight is 374 g/mol. The van der Waals surface area contributed by atoms with Crippen LogP contribution in [-0.2, 0) is 0 Å². The summed E-state index contributed by atoms with van der Waals surface area (Å²) < 4.78 is 5.40. The van der Waals surface area contributed by atoms with Crippen LogP contribution in [0.5, 0.6) is 5.75 Å². The Bertz CT molecular complexity index is 597. The molecule has 2 aromatic carbocycles. The quantitative estimate of drug-likeness (QED) is 0.590. The van der Waals surface area contributed by atoms with Gasteiger partial charge in [0.1, 0.15) is 5.75 Å². The van der Waals surface area contributed by atoms with Gasteiger partial charge in [-0.3, -0.25) is 0 Å². The highest BCUT2D eigenvalue weighted by Gasteiger charge is 2.19. The molecule has 1 atom stereocenters. The van der Waals surface area contributed by atoms with Gasteiger partial charge >= 0.3 is 0 Å². The predicted octanol–water partition coefficient (Wildman–Crippen LogP) is 6.10. The molecule has 0 radical (unpaired) electrons. The van der Waals surface area contributed by atoms with E-state index >= 15 is 0 Å². The van der Waals surface area contributed by atoms with Gasteiger partial charge in [-0.25, -0.2) is 0 Å². The third kappa shape index (κ3) is 2.98. The summed E-state index contributed by atoms with van der Waals surface area (Å²) in [6, 6.07) is 9.72. The molecule has 0 aliphatic carbocycles. The van der Waals surface area contributed by atoms with E-state index in [0.717, 1.165) is 28.0 Å². The van der Waals surface area contributed by atoms with E-state index in [4.69, 9.17) is 27.9 Å². The summed E-state index contributed by atoms with van der Waals surface area (Å²) in [5.74, 6) is 0.915.